The van der Waals surface area contributed by atoms with Crippen molar-refractivity contribution < 1.29 is 4.39 Å². The first kappa shape index (κ1) is 15.3. The maximum Gasteiger partial charge on any atom is 0.142 e. The third-order valence-electron chi connectivity index (χ3n) is 3.19. The highest BCUT2D eigenvalue weighted by molar-refractivity contribution is 6.31. The second-order valence-corrected chi connectivity index (χ2v) is 5.33. The van der Waals surface area contributed by atoms with Gasteiger partial charge in [-0.3, -0.25) is 0 Å². The van der Waals surface area contributed by atoms with E-state index < -0.39 is 5.82 Å². The number of hydrogen-bond acceptors (Lipinski definition) is 1. The van der Waals surface area contributed by atoms with E-state index in [4.69, 9.17) is 23.2 Å². The van der Waals surface area contributed by atoms with Gasteiger partial charge in [0.05, 0.1) is 5.02 Å². The van der Waals surface area contributed by atoms with Crippen LogP contribution in [0.25, 0.3) is 0 Å². The van der Waals surface area contributed by atoms with Gasteiger partial charge in [-0.1, -0.05) is 60.5 Å². The first-order valence-electron chi connectivity index (χ1n) is 6.54. The van der Waals surface area contributed by atoms with Crippen molar-refractivity contribution in [3.05, 3.63) is 69.5 Å². The van der Waals surface area contributed by atoms with Crippen LogP contribution in [0.15, 0.2) is 42.5 Å². The van der Waals surface area contributed by atoms with Crippen molar-refractivity contribution in [1.29, 1.82) is 0 Å². The largest absolute Gasteiger partial charge is 0.310 e. The number of benzene rings is 2. The van der Waals surface area contributed by atoms with Crippen LogP contribution in [0.1, 0.15) is 24.1 Å². The van der Waals surface area contributed by atoms with E-state index in [1.54, 1.807) is 6.07 Å². The predicted octanol–water partition coefficient (Wildman–Crippen LogP) is 5.03. The monoisotopic (exact) mass is 311 g/mol. The summed E-state index contributed by atoms with van der Waals surface area (Å²) in [4.78, 5) is 0. The van der Waals surface area contributed by atoms with Gasteiger partial charge < -0.3 is 5.32 Å². The molecule has 0 heterocycles. The summed E-state index contributed by atoms with van der Waals surface area (Å²) in [5, 5.41) is 4.25. The van der Waals surface area contributed by atoms with E-state index in [0.717, 1.165) is 17.7 Å². The Kier molecular flexibility index (Phi) is 5.41. The van der Waals surface area contributed by atoms with E-state index in [0.29, 0.717) is 11.4 Å². The van der Waals surface area contributed by atoms with Gasteiger partial charge in [0.2, 0.25) is 0 Å². The molecule has 0 radical (unpaired) electrons. The van der Waals surface area contributed by atoms with Gasteiger partial charge in [-0.05, 0) is 36.2 Å². The van der Waals surface area contributed by atoms with E-state index in [9.17, 15) is 4.39 Å². The molecule has 20 heavy (non-hydrogen) atoms. The molecule has 1 atom stereocenters. The van der Waals surface area contributed by atoms with E-state index in [2.05, 4.69) is 5.32 Å². The molecule has 1 N–H and O–H groups in total. The number of halogens is 3. The highest BCUT2D eigenvalue weighted by Crippen LogP contribution is 2.29. The van der Waals surface area contributed by atoms with Gasteiger partial charge in [0.1, 0.15) is 5.82 Å². The minimum Gasteiger partial charge on any atom is -0.310 e. The van der Waals surface area contributed by atoms with E-state index >= 15 is 0 Å². The maximum absolute atomic E-state index is 13.5. The molecule has 4 heteroatoms. The molecular formula is C16H16Cl2FN. The van der Waals surface area contributed by atoms with Gasteiger partial charge in [-0.25, -0.2) is 4.39 Å². The fraction of sp³-hybridized carbons (Fsp3) is 0.250. The number of hydrogen-bond donors (Lipinski definition) is 1. The van der Waals surface area contributed by atoms with Crippen molar-refractivity contribution in [2.24, 2.45) is 0 Å². The lowest BCUT2D eigenvalue weighted by Gasteiger charge is -2.20. The Labute approximate surface area is 128 Å². The normalized spacial score (nSPS) is 12.4. The summed E-state index contributed by atoms with van der Waals surface area (Å²) in [6.07, 6.45) is 0.591. The predicted molar refractivity (Wildman–Crippen MR) is 83.0 cm³/mol. The lowest BCUT2D eigenvalue weighted by molar-refractivity contribution is 0.547. The lowest BCUT2D eigenvalue weighted by atomic mass is 9.98. The molecule has 0 spiro atoms. The minimum atomic E-state index is -0.390. The van der Waals surface area contributed by atoms with Gasteiger partial charge in [-0.2, -0.15) is 0 Å². The molecule has 2 aromatic rings. The number of nitrogens with one attached hydrogen (secondary N) is 1. The van der Waals surface area contributed by atoms with Crippen molar-refractivity contribution in [3.8, 4) is 0 Å². The number of rotatable bonds is 5. The summed E-state index contributed by atoms with van der Waals surface area (Å²) in [6.45, 7) is 2.82. The Morgan fingerprint density at radius 3 is 2.55 bits per heavy atom. The first-order chi connectivity index (χ1) is 9.63. The Hall–Kier alpha value is -1.09. The highest BCUT2D eigenvalue weighted by atomic mass is 35.5. The highest BCUT2D eigenvalue weighted by Gasteiger charge is 2.16. The van der Waals surface area contributed by atoms with E-state index in [1.807, 2.05) is 37.3 Å². The maximum atomic E-state index is 13.5. The molecule has 0 amide bonds. The van der Waals surface area contributed by atoms with Crippen LogP contribution in [0.2, 0.25) is 10.0 Å². The van der Waals surface area contributed by atoms with Gasteiger partial charge >= 0.3 is 0 Å². The quantitative estimate of drug-likeness (QED) is 0.817. The SMILES string of the molecule is CCNC(Cc1cccc(F)c1Cl)c1ccccc1Cl. The Bertz CT molecular complexity index is 586. The second kappa shape index (κ2) is 7.07. The van der Waals surface area contributed by atoms with Crippen molar-refractivity contribution in [2.45, 2.75) is 19.4 Å². The van der Waals surface area contributed by atoms with Crippen molar-refractivity contribution >= 4 is 23.2 Å². The van der Waals surface area contributed by atoms with Crippen LogP contribution in [0.3, 0.4) is 0 Å². The van der Waals surface area contributed by atoms with Crippen molar-refractivity contribution in [1.82, 2.24) is 5.32 Å². The standard InChI is InChI=1S/C16H16Cl2FN/c1-2-20-15(12-7-3-4-8-13(12)17)10-11-6-5-9-14(19)16(11)18/h3-9,15,20H,2,10H2,1H3. The smallest absolute Gasteiger partial charge is 0.142 e. The van der Waals surface area contributed by atoms with Gasteiger partial charge in [0.25, 0.3) is 0 Å². The molecule has 0 fully saturated rings. The van der Waals surface area contributed by atoms with Crippen molar-refractivity contribution in [2.75, 3.05) is 6.54 Å². The zero-order chi connectivity index (χ0) is 14.5. The molecule has 2 aromatic carbocycles. The minimum absolute atomic E-state index is 0.00741. The third-order valence-corrected chi connectivity index (χ3v) is 3.95. The Morgan fingerprint density at radius 2 is 1.85 bits per heavy atom. The fourth-order valence-corrected chi connectivity index (χ4v) is 2.69. The molecule has 2 rings (SSSR count). The molecule has 0 aliphatic heterocycles. The topological polar surface area (TPSA) is 12.0 Å². The van der Waals surface area contributed by atoms with E-state index in [1.165, 1.54) is 6.07 Å². The van der Waals surface area contributed by atoms with Crippen LogP contribution in [-0.4, -0.2) is 6.54 Å². The molecule has 106 valence electrons. The summed E-state index contributed by atoms with van der Waals surface area (Å²) in [5.41, 5.74) is 1.77. The molecule has 0 aliphatic rings. The van der Waals surface area contributed by atoms with Gasteiger partial charge in [-0.15, -0.1) is 0 Å². The molecule has 0 bridgehead atoms. The van der Waals surface area contributed by atoms with Crippen LogP contribution >= 0.6 is 23.2 Å². The Morgan fingerprint density at radius 1 is 1.10 bits per heavy atom. The summed E-state index contributed by atoms with van der Waals surface area (Å²) in [7, 11) is 0. The van der Waals surface area contributed by atoms with Crippen LogP contribution in [0, 0.1) is 5.82 Å². The van der Waals surface area contributed by atoms with Crippen LogP contribution in [0.4, 0.5) is 4.39 Å². The molecule has 1 nitrogen and oxygen atoms in total. The molecular weight excluding hydrogens is 296 g/mol. The Balaban J connectivity index is 2.31. The molecule has 1 unspecified atom stereocenters. The average molecular weight is 312 g/mol. The van der Waals surface area contributed by atoms with Crippen molar-refractivity contribution in [3.63, 3.8) is 0 Å². The summed E-state index contributed by atoms with van der Waals surface area (Å²) >= 11 is 12.3. The summed E-state index contributed by atoms with van der Waals surface area (Å²) in [6, 6.07) is 12.6. The van der Waals surface area contributed by atoms with E-state index in [-0.39, 0.29) is 11.1 Å². The first-order valence-corrected chi connectivity index (χ1v) is 7.29. The molecule has 0 aliphatic carbocycles. The van der Waals surface area contributed by atoms with Gasteiger partial charge in [0.15, 0.2) is 0 Å². The molecule has 0 aromatic heterocycles. The zero-order valence-corrected chi connectivity index (χ0v) is 12.7. The molecule has 0 saturated heterocycles. The zero-order valence-electron chi connectivity index (χ0n) is 11.2. The van der Waals surface area contributed by atoms with Crippen LogP contribution < -0.4 is 5.32 Å². The third kappa shape index (κ3) is 3.51. The summed E-state index contributed by atoms with van der Waals surface area (Å²) in [5.74, 6) is -0.390. The van der Waals surface area contributed by atoms with Crippen LogP contribution in [-0.2, 0) is 6.42 Å². The van der Waals surface area contributed by atoms with Crippen LogP contribution in [0.5, 0.6) is 0 Å². The fourth-order valence-electron chi connectivity index (χ4n) is 2.22. The number of likely N-dealkylation sites (N-methyl/N-ethyl adjacent to an activating group) is 1. The lowest BCUT2D eigenvalue weighted by Crippen LogP contribution is -2.23. The average Bonchev–Trinajstić information content (AvgIpc) is 2.44. The molecule has 0 saturated carbocycles. The summed E-state index contributed by atoms with van der Waals surface area (Å²) < 4.78 is 13.5. The second-order valence-electron chi connectivity index (χ2n) is 4.55. The van der Waals surface area contributed by atoms with Gasteiger partial charge in [0, 0.05) is 11.1 Å².